The molecule has 0 bridgehead atoms. The molecule has 3 rings (SSSR count). The molecule has 1 saturated carbocycles. The normalized spacial score (nSPS) is 15.6. The summed E-state index contributed by atoms with van der Waals surface area (Å²) >= 11 is 0. The van der Waals surface area contributed by atoms with Crippen LogP contribution in [0.5, 0.6) is 0 Å². The van der Waals surface area contributed by atoms with E-state index in [2.05, 4.69) is 19.9 Å². The molecule has 1 aromatic carbocycles. The summed E-state index contributed by atoms with van der Waals surface area (Å²) in [7, 11) is 0.0792. The fourth-order valence-electron chi connectivity index (χ4n) is 2.93. The Morgan fingerprint density at radius 2 is 1.85 bits per heavy atom. The highest BCUT2D eigenvalue weighted by molar-refractivity contribution is 7.92. The predicted molar refractivity (Wildman–Crippen MR) is 100 cm³/mol. The number of benzene rings is 1. The molecule has 1 atom stereocenters. The third kappa shape index (κ3) is 5.14. The minimum atomic E-state index is -3.99. The lowest BCUT2D eigenvalue weighted by molar-refractivity contribution is 0.276. The first-order chi connectivity index (χ1) is 12.7. The average Bonchev–Trinajstić information content (AvgIpc) is 3.38. The summed E-state index contributed by atoms with van der Waals surface area (Å²) in [5.74, 6) is -0.478. The fraction of sp³-hybridized carbons (Fsp3) is 0.389. The van der Waals surface area contributed by atoms with Gasteiger partial charge in [0, 0.05) is 24.8 Å². The summed E-state index contributed by atoms with van der Waals surface area (Å²) in [6.45, 7) is 0.720. The number of nitrogens with zero attached hydrogens (tertiary/aromatic N) is 2. The van der Waals surface area contributed by atoms with Crippen molar-refractivity contribution >= 4 is 21.5 Å². The first kappa shape index (κ1) is 19.5. The van der Waals surface area contributed by atoms with Gasteiger partial charge in [0.1, 0.15) is 22.3 Å². The second-order valence-corrected chi connectivity index (χ2v) is 8.57. The highest BCUT2D eigenvalue weighted by Gasteiger charge is 2.32. The molecular formula is C18H22F2N4O2S. The molecular weight excluding hydrogens is 374 g/mol. The number of sulfonamides is 1. The van der Waals surface area contributed by atoms with Crippen LogP contribution in [0.25, 0.3) is 0 Å². The monoisotopic (exact) mass is 396 g/mol. The van der Waals surface area contributed by atoms with Crippen LogP contribution < -0.4 is 10.0 Å². The van der Waals surface area contributed by atoms with Crippen LogP contribution in [0, 0.1) is 17.6 Å². The van der Waals surface area contributed by atoms with Crippen LogP contribution in [-0.2, 0) is 10.0 Å². The van der Waals surface area contributed by atoms with E-state index >= 15 is 0 Å². The van der Waals surface area contributed by atoms with Crippen molar-refractivity contribution in [3.63, 3.8) is 0 Å². The summed E-state index contributed by atoms with van der Waals surface area (Å²) in [5.41, 5.74) is -0.187. The van der Waals surface area contributed by atoms with Gasteiger partial charge in [0.05, 0.1) is 5.69 Å². The lowest BCUT2D eigenvalue weighted by atomic mass is 10.1. The lowest BCUT2D eigenvalue weighted by Gasteiger charge is -2.24. The number of anilines is 2. The molecule has 27 heavy (non-hydrogen) atoms. The molecule has 0 spiro atoms. The molecule has 1 aromatic heterocycles. The van der Waals surface area contributed by atoms with Gasteiger partial charge >= 0.3 is 0 Å². The van der Waals surface area contributed by atoms with Crippen molar-refractivity contribution in [3.05, 3.63) is 48.2 Å². The zero-order valence-corrected chi connectivity index (χ0v) is 15.9. The summed E-state index contributed by atoms with van der Waals surface area (Å²) in [4.78, 5) is 6.21. The standard InChI is InChI=1S/C18H22F2N4O2S/c1-24(2)17(12-3-4-12)11-22-18-6-5-16(10-21-18)27(25,26)23-15-8-13(19)7-14(20)9-15/h5-10,12,17,23H,3-4,11H2,1-2H3,(H,21,22). The minimum Gasteiger partial charge on any atom is -0.368 e. The maximum absolute atomic E-state index is 13.2. The zero-order valence-electron chi connectivity index (χ0n) is 15.1. The molecule has 1 heterocycles. The van der Waals surface area contributed by atoms with E-state index in [1.54, 1.807) is 6.07 Å². The SMILES string of the molecule is CN(C)C(CNc1ccc(S(=O)(=O)Nc2cc(F)cc(F)c2)cn1)C1CC1. The van der Waals surface area contributed by atoms with E-state index in [-0.39, 0.29) is 10.6 Å². The summed E-state index contributed by atoms with van der Waals surface area (Å²) in [6, 6.07) is 5.85. The van der Waals surface area contributed by atoms with Crippen molar-refractivity contribution < 1.29 is 17.2 Å². The van der Waals surface area contributed by atoms with Gasteiger partial charge in [-0.15, -0.1) is 0 Å². The van der Waals surface area contributed by atoms with Gasteiger partial charge in [-0.05, 0) is 57.1 Å². The maximum atomic E-state index is 13.2. The molecule has 1 aliphatic rings. The number of halogens is 2. The Bertz CT molecular complexity index is 878. The highest BCUT2D eigenvalue weighted by atomic mass is 32.2. The molecule has 0 saturated heterocycles. The van der Waals surface area contributed by atoms with E-state index in [0.29, 0.717) is 23.8 Å². The van der Waals surface area contributed by atoms with Crippen molar-refractivity contribution in [1.82, 2.24) is 9.88 Å². The largest absolute Gasteiger partial charge is 0.368 e. The molecule has 2 N–H and O–H groups in total. The van der Waals surface area contributed by atoms with Crippen LogP contribution in [0.2, 0.25) is 0 Å². The Kier molecular flexibility index (Phi) is 5.61. The lowest BCUT2D eigenvalue weighted by Crippen LogP contribution is -2.36. The smallest absolute Gasteiger partial charge is 0.263 e. The molecule has 9 heteroatoms. The van der Waals surface area contributed by atoms with E-state index < -0.39 is 21.7 Å². The number of likely N-dealkylation sites (N-methyl/N-ethyl adjacent to an activating group) is 1. The third-order valence-corrected chi connectivity index (χ3v) is 5.85. The number of hydrogen-bond donors (Lipinski definition) is 2. The van der Waals surface area contributed by atoms with Gasteiger partial charge in [-0.2, -0.15) is 0 Å². The van der Waals surface area contributed by atoms with Crippen LogP contribution in [0.3, 0.4) is 0 Å². The molecule has 1 unspecified atom stereocenters. The van der Waals surface area contributed by atoms with Gasteiger partial charge in [0.25, 0.3) is 10.0 Å². The molecule has 2 aromatic rings. The third-order valence-electron chi connectivity index (χ3n) is 4.48. The van der Waals surface area contributed by atoms with E-state index in [1.807, 2.05) is 14.1 Å². The molecule has 0 amide bonds. The average molecular weight is 396 g/mol. The number of nitrogens with one attached hydrogen (secondary N) is 2. The van der Waals surface area contributed by atoms with Crippen LogP contribution in [0.15, 0.2) is 41.4 Å². The van der Waals surface area contributed by atoms with Gasteiger partial charge in [0.2, 0.25) is 0 Å². The molecule has 1 fully saturated rings. The van der Waals surface area contributed by atoms with Crippen molar-refractivity contribution in [2.75, 3.05) is 30.7 Å². The topological polar surface area (TPSA) is 74.3 Å². The molecule has 0 aliphatic heterocycles. The van der Waals surface area contributed by atoms with Crippen LogP contribution in [0.4, 0.5) is 20.3 Å². The van der Waals surface area contributed by atoms with Crippen molar-refractivity contribution in [1.29, 1.82) is 0 Å². The van der Waals surface area contributed by atoms with E-state index in [4.69, 9.17) is 0 Å². The highest BCUT2D eigenvalue weighted by Crippen LogP contribution is 2.34. The molecule has 6 nitrogen and oxygen atoms in total. The van der Waals surface area contributed by atoms with Gasteiger partial charge in [-0.25, -0.2) is 22.2 Å². The Labute approximate surface area is 157 Å². The van der Waals surface area contributed by atoms with Crippen molar-refractivity contribution in [2.45, 2.75) is 23.8 Å². The number of hydrogen-bond acceptors (Lipinski definition) is 5. The molecule has 1 aliphatic carbocycles. The zero-order chi connectivity index (χ0) is 19.6. The van der Waals surface area contributed by atoms with E-state index in [9.17, 15) is 17.2 Å². The van der Waals surface area contributed by atoms with Crippen molar-refractivity contribution in [2.24, 2.45) is 5.92 Å². The van der Waals surface area contributed by atoms with Gasteiger partial charge in [0.15, 0.2) is 0 Å². The number of pyridine rings is 1. The molecule has 146 valence electrons. The summed E-state index contributed by atoms with van der Waals surface area (Å²) < 4.78 is 53.3. The van der Waals surface area contributed by atoms with Gasteiger partial charge < -0.3 is 10.2 Å². The van der Waals surface area contributed by atoms with Crippen LogP contribution in [-0.4, -0.2) is 45.0 Å². The van der Waals surface area contributed by atoms with E-state index in [1.165, 1.54) is 25.1 Å². The van der Waals surface area contributed by atoms with Gasteiger partial charge in [-0.1, -0.05) is 0 Å². The maximum Gasteiger partial charge on any atom is 0.263 e. The minimum absolute atomic E-state index is 0.0935. The van der Waals surface area contributed by atoms with Crippen molar-refractivity contribution in [3.8, 4) is 0 Å². The number of aromatic nitrogens is 1. The van der Waals surface area contributed by atoms with Crippen LogP contribution in [0.1, 0.15) is 12.8 Å². The van der Waals surface area contributed by atoms with Gasteiger partial charge in [-0.3, -0.25) is 4.72 Å². The molecule has 0 radical (unpaired) electrons. The van der Waals surface area contributed by atoms with E-state index in [0.717, 1.165) is 18.7 Å². The number of rotatable bonds is 8. The Hall–Kier alpha value is -2.26. The Morgan fingerprint density at radius 1 is 1.19 bits per heavy atom. The quantitative estimate of drug-likeness (QED) is 0.718. The summed E-state index contributed by atoms with van der Waals surface area (Å²) in [6.07, 6.45) is 3.66. The predicted octanol–water partition coefficient (Wildman–Crippen LogP) is 2.91. The first-order valence-corrected chi connectivity index (χ1v) is 10.1. The fourth-order valence-corrected chi connectivity index (χ4v) is 3.92. The second kappa shape index (κ2) is 7.77. The summed E-state index contributed by atoms with van der Waals surface area (Å²) in [5, 5.41) is 3.22. The Morgan fingerprint density at radius 3 is 2.37 bits per heavy atom. The first-order valence-electron chi connectivity index (χ1n) is 8.60. The van der Waals surface area contributed by atoms with Crippen LogP contribution >= 0.6 is 0 Å². The second-order valence-electron chi connectivity index (χ2n) is 6.89. The Balaban J connectivity index is 1.66.